The van der Waals surface area contributed by atoms with Crippen LogP contribution in [0.15, 0.2) is 24.3 Å². The number of rotatable bonds is 2. The first kappa shape index (κ1) is 18.9. The van der Waals surface area contributed by atoms with Gasteiger partial charge >= 0.3 is 0 Å². The molecule has 0 aromatic carbocycles. The lowest BCUT2D eigenvalue weighted by Crippen LogP contribution is -2.68. The second-order valence-corrected chi connectivity index (χ2v) is 10.2. The van der Waals surface area contributed by atoms with Gasteiger partial charge in [0.1, 0.15) is 5.78 Å². The summed E-state index contributed by atoms with van der Waals surface area (Å²) in [5, 5.41) is 11.6. The van der Waals surface area contributed by atoms with Crippen molar-refractivity contribution in [2.45, 2.75) is 85.7 Å². The second-order valence-electron chi connectivity index (χ2n) is 10.2. The molecule has 0 saturated heterocycles. The SMILES string of the molecule is C=C[C@]1(C)C=C2CC[C@]3(C)[C@](C)(CC[C@H](C(C)=O)[C@]3(C)O)[C@@]2(C)CC1. The zero-order valence-electron chi connectivity index (χ0n) is 17.0. The van der Waals surface area contributed by atoms with Crippen molar-refractivity contribution in [1.29, 1.82) is 0 Å². The van der Waals surface area contributed by atoms with Crippen LogP contribution in [0, 0.1) is 27.6 Å². The minimum atomic E-state index is -0.945. The van der Waals surface area contributed by atoms with Crippen LogP contribution in [0.25, 0.3) is 0 Å². The van der Waals surface area contributed by atoms with Gasteiger partial charge in [-0.3, -0.25) is 4.79 Å². The molecule has 3 aliphatic rings. The van der Waals surface area contributed by atoms with E-state index >= 15 is 0 Å². The van der Waals surface area contributed by atoms with Crippen LogP contribution in [0.2, 0.25) is 0 Å². The molecule has 6 atom stereocenters. The number of ketones is 1. The molecule has 2 heteroatoms. The molecule has 0 spiro atoms. The first-order valence-corrected chi connectivity index (χ1v) is 9.96. The summed E-state index contributed by atoms with van der Waals surface area (Å²) in [5.74, 6) is -0.0932. The molecule has 0 heterocycles. The molecule has 2 saturated carbocycles. The monoisotopic (exact) mass is 344 g/mol. The van der Waals surface area contributed by atoms with Gasteiger partial charge in [0, 0.05) is 16.7 Å². The minimum Gasteiger partial charge on any atom is -0.389 e. The molecule has 0 bridgehead atoms. The van der Waals surface area contributed by atoms with Gasteiger partial charge in [-0.15, -0.1) is 6.58 Å². The Morgan fingerprint density at radius 1 is 1.12 bits per heavy atom. The van der Waals surface area contributed by atoms with Gasteiger partial charge in [0.2, 0.25) is 0 Å². The summed E-state index contributed by atoms with van der Waals surface area (Å²) in [5.41, 5.74) is 0.550. The molecule has 0 amide bonds. The van der Waals surface area contributed by atoms with Gasteiger partial charge in [0.05, 0.1) is 5.60 Å². The first-order valence-electron chi connectivity index (χ1n) is 9.96. The number of hydrogen-bond acceptors (Lipinski definition) is 2. The van der Waals surface area contributed by atoms with Crippen LogP contribution in [-0.4, -0.2) is 16.5 Å². The van der Waals surface area contributed by atoms with Crippen LogP contribution in [-0.2, 0) is 4.79 Å². The fourth-order valence-electron chi connectivity index (χ4n) is 6.78. The van der Waals surface area contributed by atoms with E-state index in [2.05, 4.69) is 46.4 Å². The molecule has 0 aliphatic heterocycles. The average Bonchev–Trinajstić information content (AvgIpc) is 2.52. The molecular weight excluding hydrogens is 308 g/mol. The standard InChI is InChI=1S/C23H36O2/c1-8-19(3)13-14-20(4)17(15-19)9-11-22(6)21(20,5)12-10-18(16(2)24)23(22,7)25/h8,15,18,25H,1,9-14H2,2-7H3/t18-,19+,20+,21-,22-,23+/m1/s1. The van der Waals surface area contributed by atoms with E-state index < -0.39 is 5.60 Å². The summed E-state index contributed by atoms with van der Waals surface area (Å²) in [7, 11) is 0. The van der Waals surface area contributed by atoms with Crippen molar-refractivity contribution in [2.24, 2.45) is 27.6 Å². The Balaban J connectivity index is 2.13. The highest BCUT2D eigenvalue weighted by molar-refractivity contribution is 5.80. The summed E-state index contributed by atoms with van der Waals surface area (Å²) >= 11 is 0. The molecule has 0 radical (unpaired) electrons. The lowest BCUT2D eigenvalue weighted by molar-refractivity contribution is -0.238. The number of fused-ring (bicyclic) bond motifs is 3. The largest absolute Gasteiger partial charge is 0.389 e. The van der Waals surface area contributed by atoms with Crippen LogP contribution in [0.4, 0.5) is 0 Å². The predicted molar refractivity (Wildman–Crippen MR) is 103 cm³/mol. The van der Waals surface area contributed by atoms with E-state index in [0.29, 0.717) is 0 Å². The zero-order valence-corrected chi connectivity index (χ0v) is 17.0. The van der Waals surface area contributed by atoms with Crippen LogP contribution < -0.4 is 0 Å². The van der Waals surface area contributed by atoms with Crippen LogP contribution >= 0.6 is 0 Å². The van der Waals surface area contributed by atoms with E-state index in [1.165, 1.54) is 0 Å². The maximum absolute atomic E-state index is 12.2. The van der Waals surface area contributed by atoms with Crippen molar-refractivity contribution < 1.29 is 9.90 Å². The van der Waals surface area contributed by atoms with E-state index in [-0.39, 0.29) is 33.4 Å². The van der Waals surface area contributed by atoms with Crippen molar-refractivity contribution in [2.75, 3.05) is 0 Å². The van der Waals surface area contributed by atoms with E-state index in [9.17, 15) is 9.90 Å². The Hall–Kier alpha value is -0.890. The topological polar surface area (TPSA) is 37.3 Å². The molecule has 140 valence electrons. The van der Waals surface area contributed by atoms with Crippen molar-refractivity contribution in [3.8, 4) is 0 Å². The van der Waals surface area contributed by atoms with Crippen LogP contribution in [0.1, 0.15) is 80.1 Å². The van der Waals surface area contributed by atoms with Crippen molar-refractivity contribution in [1.82, 2.24) is 0 Å². The summed E-state index contributed by atoms with van der Waals surface area (Å²) < 4.78 is 0. The summed E-state index contributed by atoms with van der Waals surface area (Å²) in [6.07, 6.45) is 10.6. The molecule has 2 nitrogen and oxygen atoms in total. The van der Waals surface area contributed by atoms with Gasteiger partial charge in [0.15, 0.2) is 0 Å². The maximum atomic E-state index is 12.2. The highest BCUT2D eigenvalue weighted by atomic mass is 16.3. The van der Waals surface area contributed by atoms with Gasteiger partial charge in [0.25, 0.3) is 0 Å². The Bertz CT molecular complexity index is 644. The molecule has 3 rings (SSSR count). The number of carbonyl (C=O) groups is 1. The quantitative estimate of drug-likeness (QED) is 0.675. The van der Waals surface area contributed by atoms with E-state index in [0.717, 1.165) is 38.5 Å². The Labute approximate surface area is 153 Å². The fraction of sp³-hybridized carbons (Fsp3) is 0.783. The number of carbonyl (C=O) groups excluding carboxylic acids is 1. The predicted octanol–water partition coefficient (Wildman–Crippen LogP) is 5.46. The van der Waals surface area contributed by atoms with Gasteiger partial charge in [-0.1, -0.05) is 45.4 Å². The van der Waals surface area contributed by atoms with Crippen molar-refractivity contribution in [3.05, 3.63) is 24.3 Å². The minimum absolute atomic E-state index is 0.00202. The van der Waals surface area contributed by atoms with Gasteiger partial charge in [-0.25, -0.2) is 0 Å². The molecular formula is C23H36O2. The Morgan fingerprint density at radius 3 is 2.32 bits per heavy atom. The van der Waals surface area contributed by atoms with Crippen LogP contribution in [0.5, 0.6) is 0 Å². The Kier molecular flexibility index (Phi) is 4.01. The second kappa shape index (κ2) is 5.31. The number of Topliss-reactive ketones (excluding diaryl/α,β-unsaturated/α-hetero) is 1. The lowest BCUT2D eigenvalue weighted by atomic mass is 9.35. The molecule has 0 aromatic rings. The third-order valence-electron chi connectivity index (χ3n) is 9.39. The lowest BCUT2D eigenvalue weighted by Gasteiger charge is -2.70. The highest BCUT2D eigenvalue weighted by Gasteiger charge is 2.69. The number of hydrogen-bond donors (Lipinski definition) is 1. The summed E-state index contributed by atoms with van der Waals surface area (Å²) in [4.78, 5) is 12.2. The normalized spacial score (nSPS) is 52.6. The van der Waals surface area contributed by atoms with Crippen molar-refractivity contribution in [3.63, 3.8) is 0 Å². The molecule has 25 heavy (non-hydrogen) atoms. The van der Waals surface area contributed by atoms with Crippen LogP contribution in [0.3, 0.4) is 0 Å². The number of aliphatic hydroxyl groups is 1. The van der Waals surface area contributed by atoms with E-state index in [4.69, 9.17) is 0 Å². The van der Waals surface area contributed by atoms with Gasteiger partial charge < -0.3 is 5.11 Å². The third kappa shape index (κ3) is 2.16. The zero-order chi connectivity index (χ0) is 18.9. The molecule has 2 fully saturated rings. The van der Waals surface area contributed by atoms with E-state index in [1.807, 2.05) is 6.92 Å². The average molecular weight is 345 g/mol. The summed E-state index contributed by atoms with van der Waals surface area (Å²) in [6.45, 7) is 17.0. The van der Waals surface area contributed by atoms with Gasteiger partial charge in [-0.2, -0.15) is 0 Å². The molecule has 1 N–H and O–H groups in total. The Morgan fingerprint density at radius 2 is 1.76 bits per heavy atom. The smallest absolute Gasteiger partial charge is 0.135 e. The molecule has 3 aliphatic carbocycles. The maximum Gasteiger partial charge on any atom is 0.135 e. The van der Waals surface area contributed by atoms with Gasteiger partial charge in [-0.05, 0) is 63.2 Å². The first-order chi connectivity index (χ1) is 11.4. The summed E-state index contributed by atoms with van der Waals surface area (Å²) in [6, 6.07) is 0. The molecule has 0 unspecified atom stereocenters. The number of allylic oxidation sites excluding steroid dienone is 3. The van der Waals surface area contributed by atoms with E-state index in [1.54, 1.807) is 12.5 Å². The fourth-order valence-corrected chi connectivity index (χ4v) is 6.78. The van der Waals surface area contributed by atoms with Crippen molar-refractivity contribution >= 4 is 5.78 Å². The highest BCUT2D eigenvalue weighted by Crippen LogP contribution is 2.73. The third-order valence-corrected chi connectivity index (χ3v) is 9.39. The molecule has 0 aromatic heterocycles.